The summed E-state index contributed by atoms with van der Waals surface area (Å²) in [4.78, 5) is 36.2. The second-order valence-electron chi connectivity index (χ2n) is 7.38. The molecule has 0 aliphatic carbocycles. The fourth-order valence-electron chi connectivity index (χ4n) is 3.60. The Morgan fingerprint density at radius 2 is 1.94 bits per heavy atom. The molecule has 3 aromatic rings. The third-order valence-electron chi connectivity index (χ3n) is 5.19. The van der Waals surface area contributed by atoms with Gasteiger partial charge in [-0.05, 0) is 30.3 Å². The quantitative estimate of drug-likeness (QED) is 0.563. The lowest BCUT2D eigenvalue weighted by atomic mass is 10.1. The number of carbonyl (C=O) groups is 2. The zero-order valence-corrected chi connectivity index (χ0v) is 17.4. The van der Waals surface area contributed by atoms with Crippen molar-refractivity contribution in [3.05, 3.63) is 63.3 Å². The number of rotatable bonds is 3. The molecular formula is C22H15ClF3NO6. The zero-order valence-electron chi connectivity index (χ0n) is 16.7. The van der Waals surface area contributed by atoms with Gasteiger partial charge in [-0.15, -0.1) is 0 Å². The number of benzene rings is 2. The highest BCUT2D eigenvalue weighted by Crippen LogP contribution is 2.39. The van der Waals surface area contributed by atoms with Crippen LogP contribution in [0.5, 0.6) is 5.75 Å². The Morgan fingerprint density at radius 1 is 1.18 bits per heavy atom. The number of halogens is 4. The van der Waals surface area contributed by atoms with E-state index in [0.29, 0.717) is 0 Å². The molecule has 0 unspecified atom stereocenters. The molecule has 1 N–H and O–H groups in total. The van der Waals surface area contributed by atoms with Gasteiger partial charge in [0.1, 0.15) is 17.6 Å². The highest BCUT2D eigenvalue weighted by atomic mass is 35.5. The van der Waals surface area contributed by atoms with Gasteiger partial charge in [-0.1, -0.05) is 17.7 Å². The molecule has 0 radical (unpaired) electrons. The van der Waals surface area contributed by atoms with Crippen LogP contribution in [0.15, 0.2) is 51.7 Å². The van der Waals surface area contributed by atoms with E-state index in [1.807, 2.05) is 0 Å². The van der Waals surface area contributed by atoms with Crippen molar-refractivity contribution in [1.82, 2.24) is 4.90 Å². The molecule has 1 fully saturated rings. The summed E-state index contributed by atoms with van der Waals surface area (Å²) in [5, 5.41) is 9.22. The van der Waals surface area contributed by atoms with Crippen LogP contribution in [0.2, 0.25) is 5.02 Å². The van der Waals surface area contributed by atoms with Gasteiger partial charge in [-0.2, -0.15) is 13.2 Å². The number of hydrogen-bond acceptors (Lipinski definition) is 5. The van der Waals surface area contributed by atoms with E-state index in [2.05, 4.69) is 0 Å². The molecule has 0 bridgehead atoms. The van der Waals surface area contributed by atoms with Crippen molar-refractivity contribution in [2.75, 3.05) is 13.1 Å². The lowest BCUT2D eigenvalue weighted by Crippen LogP contribution is -2.35. The van der Waals surface area contributed by atoms with Crippen LogP contribution in [0, 0.1) is 0 Å². The molecule has 172 valence electrons. The summed E-state index contributed by atoms with van der Waals surface area (Å²) in [6.07, 6.45) is -5.21. The van der Waals surface area contributed by atoms with Crippen LogP contribution in [0.3, 0.4) is 0 Å². The number of fused-ring (bicyclic) bond motifs is 1. The zero-order chi connectivity index (χ0) is 23.9. The first kappa shape index (κ1) is 22.7. The Bertz CT molecular complexity index is 1320. The number of carboxylic acids is 1. The van der Waals surface area contributed by atoms with Crippen LogP contribution >= 0.6 is 11.6 Å². The number of likely N-dealkylation sites (tertiary alicyclic amines) is 1. The van der Waals surface area contributed by atoms with E-state index >= 15 is 0 Å². The second-order valence-corrected chi connectivity index (χ2v) is 7.79. The maximum Gasteiger partial charge on any atom is 0.416 e. The van der Waals surface area contributed by atoms with E-state index in [1.54, 1.807) is 6.07 Å². The SMILES string of the molecule is O=C(O)C(=O)N1CC[C@@H](Oc2cc(C(F)(F)F)ccc2-c2cc(=O)c3cccc(Cl)c3o2)C1. The summed E-state index contributed by atoms with van der Waals surface area (Å²) < 4.78 is 51.5. The first-order valence-electron chi connectivity index (χ1n) is 9.67. The number of ether oxygens (including phenoxy) is 1. The monoisotopic (exact) mass is 481 g/mol. The number of alkyl halides is 3. The third-order valence-corrected chi connectivity index (χ3v) is 5.49. The summed E-state index contributed by atoms with van der Waals surface area (Å²) in [5.74, 6) is -3.04. The minimum absolute atomic E-state index is 0.0548. The molecule has 7 nitrogen and oxygen atoms in total. The number of amides is 1. The molecule has 0 saturated carbocycles. The van der Waals surface area contributed by atoms with E-state index in [4.69, 9.17) is 25.9 Å². The van der Waals surface area contributed by atoms with Crippen molar-refractivity contribution in [2.24, 2.45) is 0 Å². The average molecular weight is 482 g/mol. The Balaban J connectivity index is 1.76. The molecule has 2 heterocycles. The minimum Gasteiger partial charge on any atom is -0.488 e. The van der Waals surface area contributed by atoms with Crippen molar-refractivity contribution in [1.29, 1.82) is 0 Å². The maximum atomic E-state index is 13.3. The lowest BCUT2D eigenvalue weighted by Gasteiger charge is -2.19. The molecule has 1 aromatic heterocycles. The van der Waals surface area contributed by atoms with Crippen molar-refractivity contribution in [3.8, 4) is 17.1 Å². The molecule has 1 amide bonds. The first-order valence-corrected chi connectivity index (χ1v) is 10.0. The minimum atomic E-state index is -4.66. The van der Waals surface area contributed by atoms with Gasteiger partial charge in [0.05, 0.1) is 28.1 Å². The van der Waals surface area contributed by atoms with Crippen molar-refractivity contribution in [2.45, 2.75) is 18.7 Å². The largest absolute Gasteiger partial charge is 0.488 e. The number of hydrogen-bond donors (Lipinski definition) is 1. The lowest BCUT2D eigenvalue weighted by molar-refractivity contribution is -0.155. The number of carboxylic acid groups (broad SMARTS) is 1. The molecular weight excluding hydrogens is 467 g/mol. The van der Waals surface area contributed by atoms with Gasteiger partial charge in [0.15, 0.2) is 11.0 Å². The molecule has 1 aliphatic rings. The molecule has 1 atom stereocenters. The van der Waals surface area contributed by atoms with E-state index in [9.17, 15) is 27.6 Å². The van der Waals surface area contributed by atoms with E-state index in [0.717, 1.165) is 29.2 Å². The van der Waals surface area contributed by atoms with Crippen molar-refractivity contribution in [3.63, 3.8) is 0 Å². The summed E-state index contributed by atoms with van der Waals surface area (Å²) in [6, 6.07) is 8.43. The van der Waals surface area contributed by atoms with Crippen molar-refractivity contribution < 1.29 is 37.0 Å². The van der Waals surface area contributed by atoms with E-state index in [-0.39, 0.29) is 52.6 Å². The predicted molar refractivity (Wildman–Crippen MR) is 111 cm³/mol. The highest BCUT2D eigenvalue weighted by Gasteiger charge is 2.34. The predicted octanol–water partition coefficient (Wildman–Crippen LogP) is 4.20. The van der Waals surface area contributed by atoms with Gasteiger partial charge >= 0.3 is 18.1 Å². The third kappa shape index (κ3) is 4.51. The Hall–Kier alpha value is -3.53. The molecule has 1 saturated heterocycles. The van der Waals surface area contributed by atoms with E-state index < -0.39 is 35.1 Å². The van der Waals surface area contributed by atoms with Gasteiger partial charge in [-0.25, -0.2) is 4.79 Å². The Kier molecular flexibility index (Phi) is 5.79. The molecule has 4 rings (SSSR count). The normalized spacial score (nSPS) is 16.2. The van der Waals surface area contributed by atoms with Gasteiger partial charge in [0.2, 0.25) is 0 Å². The highest BCUT2D eigenvalue weighted by molar-refractivity contribution is 6.34. The number of nitrogens with zero attached hydrogens (tertiary/aromatic N) is 1. The molecule has 33 heavy (non-hydrogen) atoms. The summed E-state index contributed by atoms with van der Waals surface area (Å²) >= 11 is 6.12. The van der Waals surface area contributed by atoms with Crippen LogP contribution in [-0.2, 0) is 15.8 Å². The summed E-state index contributed by atoms with van der Waals surface area (Å²) in [6.45, 7) is -0.0426. The van der Waals surface area contributed by atoms with Crippen molar-refractivity contribution >= 4 is 34.4 Å². The summed E-state index contributed by atoms with van der Waals surface area (Å²) in [5.41, 5.74) is -1.28. The first-order chi connectivity index (χ1) is 15.5. The Morgan fingerprint density at radius 3 is 2.64 bits per heavy atom. The fourth-order valence-corrected chi connectivity index (χ4v) is 3.81. The average Bonchev–Trinajstić information content (AvgIpc) is 3.21. The Labute approximate surface area is 188 Å². The molecule has 0 spiro atoms. The summed E-state index contributed by atoms with van der Waals surface area (Å²) in [7, 11) is 0. The van der Waals surface area contributed by atoms with Crippen LogP contribution in [0.4, 0.5) is 13.2 Å². The molecule has 1 aliphatic heterocycles. The number of aliphatic carboxylic acids is 1. The number of para-hydroxylation sites is 1. The van der Waals surface area contributed by atoms with Crippen LogP contribution < -0.4 is 10.2 Å². The maximum absolute atomic E-state index is 13.3. The topological polar surface area (TPSA) is 97.0 Å². The van der Waals surface area contributed by atoms with Crippen LogP contribution in [-0.4, -0.2) is 41.1 Å². The van der Waals surface area contributed by atoms with Gasteiger partial charge in [0.25, 0.3) is 0 Å². The molecule has 11 heteroatoms. The van der Waals surface area contributed by atoms with Gasteiger partial charge < -0.3 is 19.2 Å². The smallest absolute Gasteiger partial charge is 0.416 e. The van der Waals surface area contributed by atoms with Gasteiger partial charge in [-0.3, -0.25) is 9.59 Å². The van der Waals surface area contributed by atoms with Crippen LogP contribution in [0.25, 0.3) is 22.3 Å². The van der Waals surface area contributed by atoms with Crippen LogP contribution in [0.1, 0.15) is 12.0 Å². The molecule has 2 aromatic carbocycles. The standard InChI is InChI=1S/C22H15ClF3NO6/c23-15-3-1-2-13-16(28)9-18(33-19(13)15)14-5-4-11(22(24,25)26)8-17(14)32-12-6-7-27(10-12)20(29)21(30)31/h1-5,8-9,12H,6-7,10H2,(H,30,31)/t12-/m1/s1. The van der Waals surface area contributed by atoms with Gasteiger partial charge in [0, 0.05) is 19.0 Å². The van der Waals surface area contributed by atoms with E-state index in [1.165, 1.54) is 12.1 Å². The number of carbonyl (C=O) groups excluding carboxylic acids is 1. The fraction of sp³-hybridized carbons (Fsp3) is 0.227. The second kappa shape index (κ2) is 8.43.